The van der Waals surface area contributed by atoms with Gasteiger partial charge in [-0.15, -0.1) is 0 Å². The summed E-state index contributed by atoms with van der Waals surface area (Å²) in [6.07, 6.45) is 10.9. The third-order valence-corrected chi connectivity index (χ3v) is 13.6. The lowest BCUT2D eigenvalue weighted by Crippen LogP contribution is -2.49. The summed E-state index contributed by atoms with van der Waals surface area (Å²) in [4.78, 5) is 44.2. The van der Waals surface area contributed by atoms with Crippen molar-refractivity contribution in [1.82, 2.24) is 30.0 Å². The van der Waals surface area contributed by atoms with Crippen LogP contribution in [0, 0.1) is 11.3 Å². The van der Waals surface area contributed by atoms with Crippen LogP contribution in [0.15, 0.2) is 91.4 Å². The first kappa shape index (κ1) is 40.6. The molecule has 4 fully saturated rings. The van der Waals surface area contributed by atoms with Crippen LogP contribution >= 0.6 is 0 Å². The Balaban J connectivity index is 0.693. The highest BCUT2D eigenvalue weighted by Crippen LogP contribution is 2.34. The van der Waals surface area contributed by atoms with E-state index in [-0.39, 0.29) is 23.6 Å². The fourth-order valence-electron chi connectivity index (χ4n) is 10.0. The van der Waals surface area contributed by atoms with Crippen LogP contribution in [0.2, 0.25) is 0 Å². The third kappa shape index (κ3) is 9.13. The normalized spacial score (nSPS) is 21.0. The molecule has 6 heterocycles. The molecule has 5 aliphatic rings. The van der Waals surface area contributed by atoms with E-state index in [0.717, 1.165) is 86.2 Å². The SMILES string of the molecule is C=C1CCC(N2Cc3cc(N4CCC(CCN5CCC(N6CCC(Nc7ncnc(N)c7C(=N)c7ccc(Oc8ccccc8)cc7)CC6)CC5)CC4)ccc3C2=O)C(=O)N1. The van der Waals surface area contributed by atoms with Crippen molar-refractivity contribution in [2.75, 3.05) is 61.8 Å². The molecule has 1 unspecified atom stereocenters. The second kappa shape index (κ2) is 18.1. The maximum atomic E-state index is 13.2. The molecule has 9 rings (SSSR count). The lowest BCUT2D eigenvalue weighted by Gasteiger charge is -2.42. The van der Waals surface area contributed by atoms with Crippen LogP contribution in [0.1, 0.15) is 84.8 Å². The van der Waals surface area contributed by atoms with Crippen molar-refractivity contribution >= 4 is 34.8 Å². The van der Waals surface area contributed by atoms with E-state index in [0.29, 0.717) is 48.4 Å². The van der Waals surface area contributed by atoms with E-state index in [2.05, 4.69) is 54.0 Å². The Kier molecular flexibility index (Phi) is 12.0. The predicted octanol–water partition coefficient (Wildman–Crippen LogP) is 6.66. The van der Waals surface area contributed by atoms with Crippen molar-refractivity contribution in [1.29, 1.82) is 5.41 Å². The number of nitrogens with two attached hydrogens (primary N) is 1. The van der Waals surface area contributed by atoms with Crippen molar-refractivity contribution < 1.29 is 14.3 Å². The highest BCUT2D eigenvalue weighted by atomic mass is 16.5. The summed E-state index contributed by atoms with van der Waals surface area (Å²) in [5, 5.41) is 15.5. The molecule has 0 radical (unpaired) electrons. The summed E-state index contributed by atoms with van der Waals surface area (Å²) in [6.45, 7) is 12.0. The molecule has 61 heavy (non-hydrogen) atoms. The quantitative estimate of drug-likeness (QED) is 0.114. The minimum Gasteiger partial charge on any atom is -0.457 e. The summed E-state index contributed by atoms with van der Waals surface area (Å²) in [5.41, 5.74) is 11.6. The van der Waals surface area contributed by atoms with Gasteiger partial charge in [-0.05, 0) is 144 Å². The third-order valence-electron chi connectivity index (χ3n) is 13.6. The van der Waals surface area contributed by atoms with Gasteiger partial charge in [-0.25, -0.2) is 9.97 Å². The van der Waals surface area contributed by atoms with Gasteiger partial charge in [-0.3, -0.25) is 15.0 Å². The summed E-state index contributed by atoms with van der Waals surface area (Å²) in [5.74, 6) is 2.95. The summed E-state index contributed by atoms with van der Waals surface area (Å²) in [6, 6.07) is 23.8. The van der Waals surface area contributed by atoms with E-state index in [1.165, 1.54) is 50.7 Å². The Hall–Kier alpha value is -5.79. The van der Waals surface area contributed by atoms with E-state index in [9.17, 15) is 9.59 Å². The van der Waals surface area contributed by atoms with Gasteiger partial charge in [0, 0.05) is 67.3 Å². The average Bonchev–Trinajstić information content (AvgIpc) is 3.61. The zero-order valence-electron chi connectivity index (χ0n) is 35.0. The van der Waals surface area contributed by atoms with Crippen molar-refractivity contribution in [3.63, 3.8) is 0 Å². The average molecular weight is 823 g/mol. The summed E-state index contributed by atoms with van der Waals surface area (Å²) >= 11 is 0. The van der Waals surface area contributed by atoms with Crippen LogP contribution in [0.3, 0.4) is 0 Å². The molecule has 5 aliphatic heterocycles. The zero-order valence-corrected chi connectivity index (χ0v) is 35.0. The number of nitrogen functional groups attached to an aromatic ring is 1. The van der Waals surface area contributed by atoms with Gasteiger partial charge in [0.05, 0.1) is 11.3 Å². The van der Waals surface area contributed by atoms with Crippen molar-refractivity contribution in [2.45, 2.75) is 82.5 Å². The molecule has 1 atom stereocenters. The van der Waals surface area contributed by atoms with Gasteiger partial charge in [-0.2, -0.15) is 0 Å². The molecule has 318 valence electrons. The van der Waals surface area contributed by atoms with Gasteiger partial charge in [0.2, 0.25) is 5.91 Å². The van der Waals surface area contributed by atoms with E-state index in [4.69, 9.17) is 15.9 Å². The number of carbonyl (C=O) groups is 2. The molecule has 13 nitrogen and oxygen atoms in total. The number of ether oxygens (including phenoxy) is 1. The molecule has 0 aliphatic carbocycles. The molecular weight excluding hydrogens is 765 g/mol. The molecule has 0 bridgehead atoms. The molecule has 4 saturated heterocycles. The zero-order chi connectivity index (χ0) is 41.9. The van der Waals surface area contributed by atoms with Gasteiger partial charge in [-0.1, -0.05) is 24.8 Å². The summed E-state index contributed by atoms with van der Waals surface area (Å²) in [7, 11) is 0. The first-order chi connectivity index (χ1) is 29.8. The standard InChI is InChI=1S/C48H58N10O3/c1-32-7-14-42(47(59)53-32)58-30-35-29-38(10-13-41(35)48(58)60)57-25-16-33(17-26-57)15-22-55-23-20-37(21-24-55)56-27-18-36(19-28-56)54-46-43(45(50)51-31-52-46)44(49)34-8-11-40(12-9-34)61-39-5-3-2-4-6-39/h2-6,8-13,29,31,33,36-37,42,49H,1,7,14-28,30H2,(H,53,59)(H3,50,51,52,54). The second-order valence-electron chi connectivity index (χ2n) is 17.5. The molecular formula is C48H58N10O3. The number of aromatic nitrogens is 2. The van der Waals surface area contributed by atoms with E-state index >= 15 is 0 Å². The second-order valence-corrected chi connectivity index (χ2v) is 17.5. The number of rotatable bonds is 12. The number of nitrogens with zero attached hydrogens (tertiary/aromatic N) is 6. The maximum absolute atomic E-state index is 13.2. The summed E-state index contributed by atoms with van der Waals surface area (Å²) < 4.78 is 5.95. The minimum atomic E-state index is -0.426. The number of amides is 2. The van der Waals surface area contributed by atoms with Crippen LogP contribution in [-0.2, 0) is 11.3 Å². The maximum Gasteiger partial charge on any atom is 0.255 e. The number of benzene rings is 3. The number of carbonyl (C=O) groups excluding carboxylic acids is 2. The predicted molar refractivity (Wildman–Crippen MR) is 239 cm³/mol. The Morgan fingerprint density at radius 1 is 0.869 bits per heavy atom. The molecule has 4 aromatic rings. The number of piperidine rings is 4. The van der Waals surface area contributed by atoms with E-state index in [1.807, 2.05) is 60.7 Å². The Morgan fingerprint density at radius 3 is 2.34 bits per heavy atom. The largest absolute Gasteiger partial charge is 0.457 e. The highest BCUT2D eigenvalue weighted by Gasteiger charge is 2.38. The van der Waals surface area contributed by atoms with E-state index < -0.39 is 6.04 Å². The monoisotopic (exact) mass is 822 g/mol. The molecule has 2 amide bonds. The molecule has 0 saturated carbocycles. The molecule has 3 aromatic carbocycles. The molecule has 13 heteroatoms. The molecule has 5 N–H and O–H groups in total. The number of likely N-dealkylation sites (tertiary alicyclic amines) is 2. The van der Waals surface area contributed by atoms with Crippen molar-refractivity contribution in [3.05, 3.63) is 114 Å². The Bertz CT molecular complexity index is 2230. The van der Waals surface area contributed by atoms with Gasteiger partial charge >= 0.3 is 0 Å². The smallest absolute Gasteiger partial charge is 0.255 e. The number of anilines is 3. The van der Waals surface area contributed by atoms with Gasteiger partial charge in [0.15, 0.2) is 0 Å². The van der Waals surface area contributed by atoms with Gasteiger partial charge in [0.25, 0.3) is 5.91 Å². The van der Waals surface area contributed by atoms with Gasteiger partial charge in [0.1, 0.15) is 35.5 Å². The van der Waals surface area contributed by atoms with Crippen molar-refractivity contribution in [3.8, 4) is 11.5 Å². The number of fused-ring (bicyclic) bond motifs is 1. The van der Waals surface area contributed by atoms with Crippen LogP contribution < -0.4 is 26.0 Å². The number of allylic oxidation sites excluding steroid dienone is 1. The van der Waals surface area contributed by atoms with Crippen LogP contribution in [0.25, 0.3) is 0 Å². The Labute approximate surface area is 358 Å². The first-order valence-electron chi connectivity index (χ1n) is 22.2. The first-order valence-corrected chi connectivity index (χ1v) is 22.2. The number of hydrogen-bond donors (Lipinski definition) is 4. The minimum absolute atomic E-state index is 0.0392. The van der Waals surface area contributed by atoms with Crippen LogP contribution in [-0.4, -0.2) is 106 Å². The topological polar surface area (TPSA) is 156 Å². The lowest BCUT2D eigenvalue weighted by molar-refractivity contribution is -0.126. The Morgan fingerprint density at radius 2 is 1.61 bits per heavy atom. The fourth-order valence-corrected chi connectivity index (χ4v) is 10.0. The van der Waals surface area contributed by atoms with Crippen LogP contribution in [0.5, 0.6) is 11.5 Å². The van der Waals surface area contributed by atoms with Gasteiger partial charge < -0.3 is 40.7 Å². The number of nitrogens with one attached hydrogen (secondary N) is 3. The van der Waals surface area contributed by atoms with Crippen molar-refractivity contribution in [2.24, 2.45) is 5.92 Å². The van der Waals surface area contributed by atoms with E-state index in [1.54, 1.807) is 4.90 Å². The molecule has 0 spiro atoms. The number of hydrogen-bond acceptors (Lipinski definition) is 11. The fraction of sp³-hybridized carbons (Fsp3) is 0.438. The van der Waals surface area contributed by atoms with Crippen LogP contribution in [0.4, 0.5) is 17.3 Å². The lowest BCUT2D eigenvalue weighted by atomic mass is 9.92. The number of para-hydroxylation sites is 1. The molecule has 1 aromatic heterocycles. The highest BCUT2D eigenvalue weighted by molar-refractivity contribution is 6.16.